The van der Waals surface area contributed by atoms with Crippen molar-refractivity contribution in [1.82, 2.24) is 15.5 Å². The third kappa shape index (κ3) is 3.76. The van der Waals surface area contributed by atoms with Crippen LogP contribution in [-0.4, -0.2) is 46.8 Å². The molecule has 19 heavy (non-hydrogen) atoms. The van der Waals surface area contributed by atoms with Crippen molar-refractivity contribution in [1.29, 1.82) is 0 Å². The predicted molar refractivity (Wildman–Crippen MR) is 71.3 cm³/mol. The third-order valence-electron chi connectivity index (χ3n) is 2.97. The highest BCUT2D eigenvalue weighted by Gasteiger charge is 2.40. The zero-order valence-corrected chi connectivity index (χ0v) is 12.2. The van der Waals surface area contributed by atoms with Crippen LogP contribution in [0.1, 0.15) is 41.0 Å². The van der Waals surface area contributed by atoms with Gasteiger partial charge >= 0.3 is 0 Å². The fourth-order valence-corrected chi connectivity index (χ4v) is 2.11. The summed E-state index contributed by atoms with van der Waals surface area (Å²) in [5, 5.41) is 5.69. The number of hydrogen-bond donors (Lipinski definition) is 2. The first-order chi connectivity index (χ1) is 8.73. The number of nitrogens with one attached hydrogen (secondary N) is 2. The molecular formula is C13H23N3O3. The summed E-state index contributed by atoms with van der Waals surface area (Å²) >= 11 is 0. The van der Waals surface area contributed by atoms with Crippen molar-refractivity contribution in [2.45, 2.75) is 65.2 Å². The van der Waals surface area contributed by atoms with Crippen LogP contribution >= 0.6 is 0 Å². The van der Waals surface area contributed by atoms with Gasteiger partial charge in [0.15, 0.2) is 0 Å². The molecule has 0 bridgehead atoms. The molecule has 1 aliphatic heterocycles. The summed E-state index contributed by atoms with van der Waals surface area (Å²) in [6, 6.07) is -1.20. The smallest absolute Gasteiger partial charge is 0.247 e. The van der Waals surface area contributed by atoms with E-state index in [0.717, 1.165) is 0 Å². The van der Waals surface area contributed by atoms with Crippen LogP contribution in [0, 0.1) is 0 Å². The Balaban J connectivity index is 2.61. The maximum atomic E-state index is 12.0. The molecule has 0 aromatic heterocycles. The fourth-order valence-electron chi connectivity index (χ4n) is 2.11. The largest absolute Gasteiger partial charge is 0.353 e. The first-order valence-electron chi connectivity index (χ1n) is 6.66. The zero-order valence-electron chi connectivity index (χ0n) is 12.2. The lowest BCUT2D eigenvalue weighted by Gasteiger charge is -2.21. The molecule has 1 heterocycles. The molecule has 2 unspecified atom stereocenters. The molecule has 0 saturated carbocycles. The second kappa shape index (κ2) is 6.14. The van der Waals surface area contributed by atoms with Crippen LogP contribution in [0.2, 0.25) is 0 Å². The van der Waals surface area contributed by atoms with E-state index in [1.54, 1.807) is 20.8 Å². The van der Waals surface area contributed by atoms with E-state index in [4.69, 9.17) is 0 Å². The molecule has 108 valence electrons. The lowest BCUT2D eigenvalue weighted by molar-refractivity contribution is -0.140. The summed E-state index contributed by atoms with van der Waals surface area (Å²) in [4.78, 5) is 36.8. The topological polar surface area (TPSA) is 78.5 Å². The van der Waals surface area contributed by atoms with E-state index in [9.17, 15) is 14.4 Å². The Bertz CT molecular complexity index is 379. The van der Waals surface area contributed by atoms with Crippen LogP contribution in [0.15, 0.2) is 0 Å². The maximum absolute atomic E-state index is 12.0. The van der Waals surface area contributed by atoms with Gasteiger partial charge in [-0.15, -0.1) is 0 Å². The second-order valence-electron chi connectivity index (χ2n) is 5.50. The quantitative estimate of drug-likeness (QED) is 0.690. The SMILES string of the molecule is CC(C)NC(=O)C(C)NC1CC(=O)N(C(C)C)C1=O. The van der Waals surface area contributed by atoms with Gasteiger partial charge in [-0.1, -0.05) is 0 Å². The van der Waals surface area contributed by atoms with Gasteiger partial charge in [0.05, 0.1) is 18.5 Å². The molecule has 1 fully saturated rings. The Morgan fingerprint density at radius 1 is 1.21 bits per heavy atom. The highest BCUT2D eigenvalue weighted by atomic mass is 16.2. The molecule has 0 aliphatic carbocycles. The average molecular weight is 269 g/mol. The standard InChI is InChI=1S/C13H23N3O3/c1-7(2)14-12(18)9(5)15-10-6-11(17)16(8(3)4)13(10)19/h7-10,15H,6H2,1-5H3,(H,14,18). The molecule has 0 spiro atoms. The van der Waals surface area contributed by atoms with Crippen LogP contribution in [0.5, 0.6) is 0 Å². The maximum Gasteiger partial charge on any atom is 0.247 e. The molecule has 1 rings (SSSR count). The van der Waals surface area contributed by atoms with Crippen molar-refractivity contribution < 1.29 is 14.4 Å². The molecule has 1 saturated heterocycles. The molecule has 3 amide bonds. The van der Waals surface area contributed by atoms with E-state index in [1.807, 2.05) is 13.8 Å². The van der Waals surface area contributed by atoms with E-state index < -0.39 is 12.1 Å². The van der Waals surface area contributed by atoms with E-state index >= 15 is 0 Å². The Kier molecular flexibility index (Phi) is 5.05. The van der Waals surface area contributed by atoms with Gasteiger partial charge in [-0.25, -0.2) is 0 Å². The molecule has 0 aromatic rings. The van der Waals surface area contributed by atoms with Crippen molar-refractivity contribution >= 4 is 17.7 Å². The van der Waals surface area contributed by atoms with Gasteiger partial charge in [0.2, 0.25) is 17.7 Å². The molecule has 1 aliphatic rings. The molecule has 2 N–H and O–H groups in total. The number of amides is 3. The van der Waals surface area contributed by atoms with Crippen molar-refractivity contribution in [3.63, 3.8) is 0 Å². The Labute approximate surface area is 113 Å². The highest BCUT2D eigenvalue weighted by Crippen LogP contribution is 2.16. The normalized spacial score (nSPS) is 21.4. The Morgan fingerprint density at radius 3 is 2.21 bits per heavy atom. The van der Waals surface area contributed by atoms with Gasteiger partial charge in [-0.2, -0.15) is 0 Å². The fraction of sp³-hybridized carbons (Fsp3) is 0.769. The number of carbonyl (C=O) groups excluding carboxylic acids is 3. The van der Waals surface area contributed by atoms with Gasteiger partial charge in [-0.3, -0.25) is 24.6 Å². The molecule has 2 atom stereocenters. The molecule has 0 aromatic carbocycles. The van der Waals surface area contributed by atoms with Gasteiger partial charge in [0.1, 0.15) is 0 Å². The molecular weight excluding hydrogens is 246 g/mol. The van der Waals surface area contributed by atoms with Gasteiger partial charge < -0.3 is 5.32 Å². The van der Waals surface area contributed by atoms with Crippen LogP contribution in [0.4, 0.5) is 0 Å². The number of rotatable bonds is 5. The Morgan fingerprint density at radius 2 is 1.79 bits per heavy atom. The van der Waals surface area contributed by atoms with E-state index in [-0.39, 0.29) is 36.2 Å². The van der Waals surface area contributed by atoms with Crippen molar-refractivity contribution in [2.75, 3.05) is 0 Å². The van der Waals surface area contributed by atoms with Crippen LogP contribution in [0.25, 0.3) is 0 Å². The van der Waals surface area contributed by atoms with Crippen molar-refractivity contribution in [2.24, 2.45) is 0 Å². The minimum atomic E-state index is -0.595. The van der Waals surface area contributed by atoms with Crippen LogP contribution in [0.3, 0.4) is 0 Å². The van der Waals surface area contributed by atoms with Crippen LogP contribution in [-0.2, 0) is 14.4 Å². The van der Waals surface area contributed by atoms with E-state index in [0.29, 0.717) is 0 Å². The monoisotopic (exact) mass is 269 g/mol. The summed E-state index contributed by atoms with van der Waals surface area (Å²) in [6.07, 6.45) is 0.121. The molecule has 6 heteroatoms. The number of carbonyl (C=O) groups is 3. The number of nitrogens with zero attached hydrogens (tertiary/aromatic N) is 1. The number of likely N-dealkylation sites (tertiary alicyclic amines) is 1. The number of hydrogen-bond acceptors (Lipinski definition) is 4. The first-order valence-corrected chi connectivity index (χ1v) is 6.66. The number of imide groups is 1. The average Bonchev–Trinajstić information content (AvgIpc) is 2.52. The second-order valence-corrected chi connectivity index (χ2v) is 5.50. The minimum absolute atomic E-state index is 0.0461. The third-order valence-corrected chi connectivity index (χ3v) is 2.97. The first kappa shape index (κ1) is 15.6. The lowest BCUT2D eigenvalue weighted by Crippen LogP contribution is -2.51. The van der Waals surface area contributed by atoms with Gasteiger partial charge in [0, 0.05) is 12.1 Å². The van der Waals surface area contributed by atoms with Crippen LogP contribution < -0.4 is 10.6 Å². The zero-order chi connectivity index (χ0) is 14.7. The predicted octanol–water partition coefficient (Wildman–Crippen LogP) is 0.0250. The van der Waals surface area contributed by atoms with Crippen molar-refractivity contribution in [3.8, 4) is 0 Å². The summed E-state index contributed by atoms with van der Waals surface area (Å²) in [5.41, 5.74) is 0. The van der Waals surface area contributed by atoms with Gasteiger partial charge in [0.25, 0.3) is 0 Å². The van der Waals surface area contributed by atoms with Crippen molar-refractivity contribution in [3.05, 3.63) is 0 Å². The van der Waals surface area contributed by atoms with E-state index in [2.05, 4.69) is 10.6 Å². The van der Waals surface area contributed by atoms with Gasteiger partial charge in [-0.05, 0) is 34.6 Å². The molecule has 6 nitrogen and oxygen atoms in total. The highest BCUT2D eigenvalue weighted by molar-refractivity contribution is 6.06. The summed E-state index contributed by atoms with van der Waals surface area (Å²) in [5.74, 6) is -0.601. The minimum Gasteiger partial charge on any atom is -0.353 e. The Hall–Kier alpha value is -1.43. The van der Waals surface area contributed by atoms with E-state index in [1.165, 1.54) is 4.90 Å². The molecule has 0 radical (unpaired) electrons. The summed E-state index contributed by atoms with van der Waals surface area (Å²) in [7, 11) is 0. The lowest BCUT2D eigenvalue weighted by atomic mass is 10.2. The summed E-state index contributed by atoms with van der Waals surface area (Å²) < 4.78 is 0. The summed E-state index contributed by atoms with van der Waals surface area (Å²) in [6.45, 7) is 9.03.